The Bertz CT molecular complexity index is 434. The molecule has 19 heavy (non-hydrogen) atoms. The van der Waals surface area contributed by atoms with Crippen LogP contribution in [0.5, 0.6) is 0 Å². The molecule has 1 N–H and O–H groups in total. The van der Waals surface area contributed by atoms with Gasteiger partial charge in [-0.3, -0.25) is 0 Å². The summed E-state index contributed by atoms with van der Waals surface area (Å²) in [6, 6.07) is 10.4. The molecule has 1 aliphatic rings. The fraction of sp³-hybridized carbons (Fsp3) is 0.533. The van der Waals surface area contributed by atoms with Crippen LogP contribution in [-0.2, 0) is 9.53 Å². The molecular formula is C15H20O3Se. The first-order chi connectivity index (χ1) is 9.04. The Labute approximate surface area is 120 Å². The first-order valence-corrected chi connectivity index (χ1v) is 8.25. The molecule has 4 heteroatoms. The predicted molar refractivity (Wildman–Crippen MR) is 75.6 cm³/mol. The second kappa shape index (κ2) is 6.08. The summed E-state index contributed by atoms with van der Waals surface area (Å²) >= 11 is 0.306. The summed E-state index contributed by atoms with van der Waals surface area (Å²) in [7, 11) is 1.39. The Morgan fingerprint density at radius 2 is 2.11 bits per heavy atom. The molecule has 1 fully saturated rings. The summed E-state index contributed by atoms with van der Waals surface area (Å²) in [5.41, 5.74) is 0. The number of hydrogen-bond donors (Lipinski definition) is 1. The van der Waals surface area contributed by atoms with Crippen molar-refractivity contribution >= 4 is 25.4 Å². The third-order valence-electron chi connectivity index (χ3n) is 3.70. The fourth-order valence-corrected chi connectivity index (χ4v) is 5.44. The van der Waals surface area contributed by atoms with Crippen molar-refractivity contribution < 1.29 is 14.6 Å². The molecule has 0 spiro atoms. The summed E-state index contributed by atoms with van der Waals surface area (Å²) in [5, 5.41) is 9.97. The van der Waals surface area contributed by atoms with Crippen molar-refractivity contribution in [3.63, 3.8) is 0 Å². The maximum absolute atomic E-state index is 11.7. The van der Waals surface area contributed by atoms with Crippen LogP contribution >= 0.6 is 0 Å². The first-order valence-electron chi connectivity index (χ1n) is 6.54. The van der Waals surface area contributed by atoms with Crippen LogP contribution in [0.15, 0.2) is 30.3 Å². The van der Waals surface area contributed by atoms with Crippen molar-refractivity contribution in [3.8, 4) is 0 Å². The zero-order chi connectivity index (χ0) is 13.9. The molecule has 0 unspecified atom stereocenters. The Balaban J connectivity index is 2.09. The number of aliphatic hydroxyl groups is 1. The van der Waals surface area contributed by atoms with Gasteiger partial charge in [-0.1, -0.05) is 0 Å². The van der Waals surface area contributed by atoms with Crippen LogP contribution in [0.3, 0.4) is 0 Å². The predicted octanol–water partition coefficient (Wildman–Crippen LogP) is 1.53. The van der Waals surface area contributed by atoms with Gasteiger partial charge < -0.3 is 0 Å². The van der Waals surface area contributed by atoms with E-state index in [9.17, 15) is 9.90 Å². The Morgan fingerprint density at radius 1 is 1.42 bits per heavy atom. The quantitative estimate of drug-likeness (QED) is 0.676. The van der Waals surface area contributed by atoms with E-state index >= 15 is 0 Å². The average Bonchev–Trinajstić information content (AvgIpc) is 2.42. The van der Waals surface area contributed by atoms with E-state index in [0.717, 1.165) is 12.8 Å². The molecule has 1 aromatic carbocycles. The van der Waals surface area contributed by atoms with Gasteiger partial charge in [0.1, 0.15) is 0 Å². The zero-order valence-corrected chi connectivity index (χ0v) is 13.0. The van der Waals surface area contributed by atoms with Crippen LogP contribution < -0.4 is 4.46 Å². The molecule has 2 rings (SSSR count). The number of hydrogen-bond acceptors (Lipinski definition) is 3. The molecule has 0 aromatic heterocycles. The summed E-state index contributed by atoms with van der Waals surface area (Å²) in [6.45, 7) is 2.22. The van der Waals surface area contributed by atoms with Crippen molar-refractivity contribution in [2.75, 3.05) is 7.11 Å². The van der Waals surface area contributed by atoms with Gasteiger partial charge in [0, 0.05) is 0 Å². The van der Waals surface area contributed by atoms with Crippen LogP contribution in [-0.4, -0.2) is 39.2 Å². The molecule has 0 heterocycles. The minimum absolute atomic E-state index is 0.117. The summed E-state index contributed by atoms with van der Waals surface area (Å²) in [4.78, 5) is 11.7. The standard InChI is InChI=1S/C15H20O3Se/c1-15(19-11-6-4-3-5-7-11)9-8-13(16)12(10-15)14(17)18-2/h3-7,12-13,16H,8-10H2,1-2H3/t12-,13+,15-/m0/s1. The van der Waals surface area contributed by atoms with Gasteiger partial charge in [0.25, 0.3) is 0 Å². The number of carbonyl (C=O) groups is 1. The second-order valence-corrected chi connectivity index (χ2v) is 8.79. The van der Waals surface area contributed by atoms with Crippen molar-refractivity contribution in [1.82, 2.24) is 0 Å². The van der Waals surface area contributed by atoms with E-state index in [2.05, 4.69) is 31.2 Å². The molecule has 0 bridgehead atoms. The van der Waals surface area contributed by atoms with Gasteiger partial charge in [-0.25, -0.2) is 0 Å². The molecule has 1 aliphatic carbocycles. The molecule has 104 valence electrons. The van der Waals surface area contributed by atoms with E-state index in [4.69, 9.17) is 4.74 Å². The van der Waals surface area contributed by atoms with Gasteiger partial charge in [-0.2, -0.15) is 0 Å². The number of esters is 1. The fourth-order valence-electron chi connectivity index (χ4n) is 2.62. The molecular weight excluding hydrogens is 307 g/mol. The van der Waals surface area contributed by atoms with Gasteiger partial charge in [0.05, 0.1) is 0 Å². The first kappa shape index (κ1) is 14.6. The van der Waals surface area contributed by atoms with Crippen molar-refractivity contribution in [2.24, 2.45) is 5.92 Å². The summed E-state index contributed by atoms with van der Waals surface area (Å²) in [6.07, 6.45) is 1.82. The van der Waals surface area contributed by atoms with Gasteiger partial charge >= 0.3 is 120 Å². The van der Waals surface area contributed by atoms with Gasteiger partial charge in [-0.05, 0) is 0 Å². The SMILES string of the molecule is COC(=O)[C@H]1C[C@@](C)([Se]c2ccccc2)CC[C@H]1O. The summed E-state index contributed by atoms with van der Waals surface area (Å²) in [5.74, 6) is -0.642. The monoisotopic (exact) mass is 328 g/mol. The third-order valence-corrected chi connectivity index (χ3v) is 6.57. The topological polar surface area (TPSA) is 46.5 Å². The number of ether oxygens (including phenoxy) is 1. The molecule has 0 amide bonds. The van der Waals surface area contributed by atoms with E-state index in [1.165, 1.54) is 11.6 Å². The molecule has 1 aromatic rings. The van der Waals surface area contributed by atoms with E-state index in [1.54, 1.807) is 0 Å². The molecule has 0 radical (unpaired) electrons. The minimum atomic E-state index is -0.549. The molecule has 3 atom stereocenters. The van der Waals surface area contributed by atoms with E-state index < -0.39 is 6.10 Å². The number of methoxy groups -OCH3 is 1. The van der Waals surface area contributed by atoms with E-state index in [1.807, 2.05) is 6.07 Å². The third kappa shape index (κ3) is 3.59. The van der Waals surface area contributed by atoms with Crippen LogP contribution in [0.2, 0.25) is 4.31 Å². The van der Waals surface area contributed by atoms with Crippen molar-refractivity contribution in [2.45, 2.75) is 36.6 Å². The van der Waals surface area contributed by atoms with E-state index in [0.29, 0.717) is 21.4 Å². The number of carbonyl (C=O) groups excluding carboxylic acids is 1. The summed E-state index contributed by atoms with van der Waals surface area (Å²) < 4.78 is 6.27. The maximum atomic E-state index is 11.7. The van der Waals surface area contributed by atoms with Crippen LogP contribution in [0.4, 0.5) is 0 Å². The molecule has 0 saturated heterocycles. The zero-order valence-electron chi connectivity index (χ0n) is 11.3. The number of rotatable bonds is 3. The Hall–Kier alpha value is -0.831. The van der Waals surface area contributed by atoms with Crippen LogP contribution in [0.1, 0.15) is 26.2 Å². The van der Waals surface area contributed by atoms with E-state index in [-0.39, 0.29) is 16.2 Å². The Kier molecular flexibility index (Phi) is 4.67. The molecule has 1 saturated carbocycles. The van der Waals surface area contributed by atoms with Gasteiger partial charge in [0.2, 0.25) is 0 Å². The van der Waals surface area contributed by atoms with Gasteiger partial charge in [-0.15, -0.1) is 0 Å². The average molecular weight is 327 g/mol. The van der Waals surface area contributed by atoms with Crippen LogP contribution in [0.25, 0.3) is 0 Å². The van der Waals surface area contributed by atoms with Crippen LogP contribution in [0, 0.1) is 5.92 Å². The number of benzene rings is 1. The number of aliphatic hydroxyl groups excluding tert-OH is 1. The van der Waals surface area contributed by atoms with Crippen molar-refractivity contribution in [1.29, 1.82) is 0 Å². The second-order valence-electron chi connectivity index (χ2n) is 5.30. The van der Waals surface area contributed by atoms with Gasteiger partial charge in [0.15, 0.2) is 0 Å². The molecule has 0 aliphatic heterocycles. The van der Waals surface area contributed by atoms with Crippen molar-refractivity contribution in [3.05, 3.63) is 30.3 Å². The Morgan fingerprint density at radius 3 is 2.74 bits per heavy atom. The molecule has 3 nitrogen and oxygen atoms in total. The normalized spacial score (nSPS) is 30.9.